The van der Waals surface area contributed by atoms with Crippen molar-refractivity contribution < 1.29 is 8.81 Å². The van der Waals surface area contributed by atoms with Crippen LogP contribution in [0.25, 0.3) is 11.0 Å². The highest BCUT2D eigenvalue weighted by atomic mass is 79.9. The molecule has 1 atom stereocenters. The number of rotatable bonds is 3. The Bertz CT molecular complexity index is 805. The Labute approximate surface area is 134 Å². The average molecular weight is 370 g/mol. The SMILES string of the molecule is NNC(c1cc2cccc(Cl)c2o1)c1cc(Br)ccc1F. The first kappa shape index (κ1) is 14.5. The van der Waals surface area contributed by atoms with Gasteiger partial charge in [-0.3, -0.25) is 5.84 Å². The number of hydrazine groups is 1. The van der Waals surface area contributed by atoms with Crippen molar-refractivity contribution in [2.75, 3.05) is 0 Å². The maximum absolute atomic E-state index is 14.0. The van der Waals surface area contributed by atoms with E-state index in [2.05, 4.69) is 21.4 Å². The second kappa shape index (κ2) is 5.77. The van der Waals surface area contributed by atoms with Gasteiger partial charge in [0.2, 0.25) is 0 Å². The van der Waals surface area contributed by atoms with E-state index in [0.717, 1.165) is 9.86 Å². The first-order chi connectivity index (χ1) is 10.1. The zero-order valence-electron chi connectivity index (χ0n) is 10.7. The fourth-order valence-corrected chi connectivity index (χ4v) is 2.85. The van der Waals surface area contributed by atoms with Gasteiger partial charge in [0.15, 0.2) is 5.58 Å². The van der Waals surface area contributed by atoms with E-state index in [4.69, 9.17) is 21.9 Å². The average Bonchev–Trinajstić information content (AvgIpc) is 2.89. The summed E-state index contributed by atoms with van der Waals surface area (Å²) in [6.07, 6.45) is 0. The minimum absolute atomic E-state index is 0.368. The molecule has 0 aliphatic rings. The number of nitrogens with two attached hydrogens (primary N) is 1. The van der Waals surface area contributed by atoms with Gasteiger partial charge in [-0.1, -0.05) is 39.7 Å². The lowest BCUT2D eigenvalue weighted by Crippen LogP contribution is -2.29. The second-order valence-corrected chi connectivity index (χ2v) is 5.90. The van der Waals surface area contributed by atoms with Gasteiger partial charge in [0, 0.05) is 15.4 Å². The maximum Gasteiger partial charge on any atom is 0.152 e. The largest absolute Gasteiger partial charge is 0.457 e. The summed E-state index contributed by atoms with van der Waals surface area (Å²) in [4.78, 5) is 0. The van der Waals surface area contributed by atoms with Crippen molar-refractivity contribution in [1.29, 1.82) is 0 Å². The number of fused-ring (bicyclic) bond motifs is 1. The normalized spacial score (nSPS) is 12.8. The third kappa shape index (κ3) is 2.70. The Kier molecular flexibility index (Phi) is 3.99. The summed E-state index contributed by atoms with van der Waals surface area (Å²) in [5.41, 5.74) is 3.54. The Morgan fingerprint density at radius 3 is 2.76 bits per heavy atom. The number of halogens is 3. The number of benzene rings is 2. The van der Waals surface area contributed by atoms with E-state index in [-0.39, 0.29) is 5.82 Å². The van der Waals surface area contributed by atoms with Crippen molar-refractivity contribution in [2.24, 2.45) is 5.84 Å². The predicted octanol–water partition coefficient (Wildman–Crippen LogP) is 4.54. The number of hydrogen-bond donors (Lipinski definition) is 2. The smallest absolute Gasteiger partial charge is 0.152 e. The summed E-state index contributed by atoms with van der Waals surface area (Å²) in [6.45, 7) is 0. The van der Waals surface area contributed by atoms with Crippen LogP contribution in [-0.4, -0.2) is 0 Å². The Balaban J connectivity index is 2.13. The molecule has 1 aromatic heterocycles. The highest BCUT2D eigenvalue weighted by Gasteiger charge is 2.21. The quantitative estimate of drug-likeness (QED) is 0.526. The summed E-state index contributed by atoms with van der Waals surface area (Å²) in [7, 11) is 0. The molecule has 1 heterocycles. The van der Waals surface area contributed by atoms with E-state index < -0.39 is 6.04 Å². The predicted molar refractivity (Wildman–Crippen MR) is 84.5 cm³/mol. The Morgan fingerprint density at radius 2 is 2.05 bits per heavy atom. The van der Waals surface area contributed by atoms with Crippen LogP contribution in [0, 0.1) is 5.82 Å². The molecule has 0 aliphatic heterocycles. The molecule has 0 fully saturated rings. The molecule has 0 amide bonds. The van der Waals surface area contributed by atoms with Crippen molar-refractivity contribution in [3.63, 3.8) is 0 Å². The van der Waals surface area contributed by atoms with E-state index in [1.165, 1.54) is 6.07 Å². The lowest BCUT2D eigenvalue weighted by Gasteiger charge is -2.14. The zero-order valence-corrected chi connectivity index (χ0v) is 13.1. The first-order valence-corrected chi connectivity index (χ1v) is 7.36. The molecule has 3 rings (SSSR count). The topological polar surface area (TPSA) is 51.2 Å². The number of hydrogen-bond acceptors (Lipinski definition) is 3. The zero-order chi connectivity index (χ0) is 15.0. The summed E-state index contributed by atoms with van der Waals surface area (Å²) < 4.78 is 20.5. The van der Waals surface area contributed by atoms with Gasteiger partial charge in [-0.2, -0.15) is 0 Å². The number of furan rings is 1. The van der Waals surface area contributed by atoms with Crippen LogP contribution in [0.1, 0.15) is 17.4 Å². The van der Waals surface area contributed by atoms with Crippen LogP contribution < -0.4 is 11.3 Å². The van der Waals surface area contributed by atoms with E-state index in [1.54, 1.807) is 24.3 Å². The molecule has 0 spiro atoms. The molecule has 21 heavy (non-hydrogen) atoms. The van der Waals surface area contributed by atoms with Crippen molar-refractivity contribution in [3.05, 3.63) is 69.1 Å². The van der Waals surface area contributed by atoms with E-state index in [1.807, 2.05) is 12.1 Å². The number of para-hydroxylation sites is 1. The fraction of sp³-hybridized carbons (Fsp3) is 0.0667. The molecular formula is C15H11BrClFN2O. The van der Waals surface area contributed by atoms with Crippen molar-refractivity contribution >= 4 is 38.5 Å². The molecular weight excluding hydrogens is 359 g/mol. The summed E-state index contributed by atoms with van der Waals surface area (Å²) >= 11 is 9.42. The van der Waals surface area contributed by atoms with Crippen LogP contribution in [0.5, 0.6) is 0 Å². The molecule has 108 valence electrons. The molecule has 0 bridgehead atoms. The molecule has 6 heteroatoms. The second-order valence-electron chi connectivity index (χ2n) is 4.57. The van der Waals surface area contributed by atoms with Crippen molar-refractivity contribution in [3.8, 4) is 0 Å². The van der Waals surface area contributed by atoms with Gasteiger partial charge in [0.25, 0.3) is 0 Å². The van der Waals surface area contributed by atoms with Crippen LogP contribution in [0.3, 0.4) is 0 Å². The van der Waals surface area contributed by atoms with Crippen LogP contribution in [0.2, 0.25) is 5.02 Å². The summed E-state index contributed by atoms with van der Waals surface area (Å²) in [5.74, 6) is 5.72. The Morgan fingerprint density at radius 1 is 1.24 bits per heavy atom. The summed E-state index contributed by atoms with van der Waals surface area (Å²) in [5, 5.41) is 1.34. The van der Waals surface area contributed by atoms with E-state index >= 15 is 0 Å². The molecule has 3 nitrogen and oxygen atoms in total. The molecule has 3 N–H and O–H groups in total. The third-order valence-electron chi connectivity index (χ3n) is 3.24. The van der Waals surface area contributed by atoms with Gasteiger partial charge in [-0.15, -0.1) is 0 Å². The van der Waals surface area contributed by atoms with Crippen molar-refractivity contribution in [1.82, 2.24) is 5.43 Å². The minimum Gasteiger partial charge on any atom is -0.457 e. The van der Waals surface area contributed by atoms with Crippen LogP contribution >= 0.6 is 27.5 Å². The standard InChI is InChI=1S/C15H11BrClFN2O/c16-9-4-5-12(18)10(7-9)14(20-19)13-6-8-2-1-3-11(17)15(8)21-13/h1-7,14,20H,19H2. The number of nitrogens with one attached hydrogen (secondary N) is 1. The lowest BCUT2D eigenvalue weighted by atomic mass is 10.0. The third-order valence-corrected chi connectivity index (χ3v) is 4.03. The van der Waals surface area contributed by atoms with E-state index in [9.17, 15) is 4.39 Å². The summed E-state index contributed by atoms with van der Waals surface area (Å²) in [6, 6.07) is 11.3. The minimum atomic E-state index is -0.606. The highest BCUT2D eigenvalue weighted by molar-refractivity contribution is 9.10. The fourth-order valence-electron chi connectivity index (χ4n) is 2.25. The molecule has 0 saturated heterocycles. The molecule has 3 aromatic rings. The lowest BCUT2D eigenvalue weighted by molar-refractivity contribution is 0.462. The van der Waals surface area contributed by atoms with Crippen LogP contribution in [0.15, 0.2) is 51.4 Å². The maximum atomic E-state index is 14.0. The van der Waals surface area contributed by atoms with Gasteiger partial charge >= 0.3 is 0 Å². The first-order valence-electron chi connectivity index (χ1n) is 6.19. The molecule has 2 aromatic carbocycles. The van der Waals surface area contributed by atoms with Gasteiger partial charge in [-0.25, -0.2) is 9.82 Å². The van der Waals surface area contributed by atoms with Gasteiger partial charge in [-0.05, 0) is 30.3 Å². The van der Waals surface area contributed by atoms with Crippen LogP contribution in [-0.2, 0) is 0 Å². The van der Waals surface area contributed by atoms with Gasteiger partial charge in [0.05, 0.1) is 5.02 Å². The molecule has 0 aliphatic carbocycles. The monoisotopic (exact) mass is 368 g/mol. The molecule has 0 saturated carbocycles. The van der Waals surface area contributed by atoms with Crippen LogP contribution in [0.4, 0.5) is 4.39 Å². The Hall–Kier alpha value is -1.40. The van der Waals surface area contributed by atoms with Gasteiger partial charge in [0.1, 0.15) is 17.6 Å². The molecule has 0 radical (unpaired) electrons. The van der Waals surface area contributed by atoms with Crippen molar-refractivity contribution in [2.45, 2.75) is 6.04 Å². The highest BCUT2D eigenvalue weighted by Crippen LogP contribution is 2.33. The van der Waals surface area contributed by atoms with Gasteiger partial charge < -0.3 is 4.42 Å². The van der Waals surface area contributed by atoms with E-state index in [0.29, 0.717) is 21.9 Å². The molecule has 1 unspecified atom stereocenters.